The van der Waals surface area contributed by atoms with Crippen molar-refractivity contribution in [3.05, 3.63) is 93.5 Å². The molecular formula is C30H35Cl2N3O4S. The van der Waals surface area contributed by atoms with Gasteiger partial charge in [0.25, 0.3) is 10.0 Å². The van der Waals surface area contributed by atoms with Crippen LogP contribution in [0, 0.1) is 13.8 Å². The summed E-state index contributed by atoms with van der Waals surface area (Å²) in [5, 5.41) is 3.68. The lowest BCUT2D eigenvalue weighted by molar-refractivity contribution is -0.139. The average molecular weight is 605 g/mol. The zero-order valence-electron chi connectivity index (χ0n) is 23.3. The van der Waals surface area contributed by atoms with Crippen molar-refractivity contribution in [2.45, 2.75) is 64.6 Å². The Morgan fingerprint density at radius 2 is 1.62 bits per heavy atom. The fraction of sp³-hybridized carbons (Fsp3) is 0.333. The van der Waals surface area contributed by atoms with Gasteiger partial charge < -0.3 is 10.2 Å². The Bertz CT molecular complexity index is 1470. The molecule has 0 aliphatic heterocycles. The van der Waals surface area contributed by atoms with Crippen molar-refractivity contribution in [2.75, 3.05) is 10.8 Å². The molecule has 2 atom stereocenters. The van der Waals surface area contributed by atoms with Crippen LogP contribution in [0.1, 0.15) is 43.9 Å². The molecule has 0 aliphatic rings. The molecular weight excluding hydrogens is 569 g/mol. The fourth-order valence-corrected chi connectivity index (χ4v) is 6.08. The maximum Gasteiger partial charge on any atom is 0.264 e. The molecule has 0 saturated heterocycles. The van der Waals surface area contributed by atoms with Gasteiger partial charge in [-0.05, 0) is 81.1 Å². The summed E-state index contributed by atoms with van der Waals surface area (Å²) in [6.45, 7) is 8.60. The summed E-state index contributed by atoms with van der Waals surface area (Å²) in [5.74, 6) is -0.907. The van der Waals surface area contributed by atoms with Crippen molar-refractivity contribution in [3.8, 4) is 0 Å². The van der Waals surface area contributed by atoms with Crippen molar-refractivity contribution < 1.29 is 18.0 Å². The van der Waals surface area contributed by atoms with Crippen LogP contribution in [-0.4, -0.2) is 43.8 Å². The molecule has 0 bridgehead atoms. The third-order valence-electron chi connectivity index (χ3n) is 6.98. The highest BCUT2D eigenvalue weighted by molar-refractivity contribution is 7.92. The molecule has 0 unspecified atom stereocenters. The van der Waals surface area contributed by atoms with Gasteiger partial charge in [-0.25, -0.2) is 8.42 Å². The SMILES string of the molecule is CC[C@H](C)NC(=O)[C@@H](C)N(Cc1ccc(Cl)cc1Cl)C(=O)CN(c1cccc(C)c1C)S(=O)(=O)c1ccccc1. The topological polar surface area (TPSA) is 86.8 Å². The molecule has 3 aromatic carbocycles. The van der Waals surface area contributed by atoms with E-state index in [1.54, 1.807) is 55.5 Å². The fourth-order valence-electron chi connectivity index (χ4n) is 4.12. The summed E-state index contributed by atoms with van der Waals surface area (Å²) >= 11 is 12.5. The largest absolute Gasteiger partial charge is 0.352 e. The second-order valence-electron chi connectivity index (χ2n) is 9.79. The molecule has 3 rings (SSSR count). The van der Waals surface area contributed by atoms with E-state index in [4.69, 9.17) is 23.2 Å². The second kappa shape index (κ2) is 13.5. The first-order chi connectivity index (χ1) is 18.9. The van der Waals surface area contributed by atoms with E-state index in [-0.39, 0.29) is 23.4 Å². The third kappa shape index (κ3) is 7.36. The molecule has 0 heterocycles. The number of aryl methyl sites for hydroxylation is 1. The number of hydrogen-bond acceptors (Lipinski definition) is 4. The van der Waals surface area contributed by atoms with E-state index >= 15 is 0 Å². The van der Waals surface area contributed by atoms with Crippen LogP contribution in [0.3, 0.4) is 0 Å². The van der Waals surface area contributed by atoms with E-state index in [0.29, 0.717) is 27.7 Å². The highest BCUT2D eigenvalue weighted by atomic mass is 35.5. The van der Waals surface area contributed by atoms with Crippen LogP contribution in [0.4, 0.5) is 5.69 Å². The van der Waals surface area contributed by atoms with Crippen LogP contribution in [-0.2, 0) is 26.2 Å². The van der Waals surface area contributed by atoms with E-state index in [1.807, 2.05) is 33.8 Å². The van der Waals surface area contributed by atoms with Crippen LogP contribution in [0.2, 0.25) is 10.0 Å². The Morgan fingerprint density at radius 1 is 0.950 bits per heavy atom. The number of benzene rings is 3. The summed E-state index contributed by atoms with van der Waals surface area (Å²) in [7, 11) is -4.14. The van der Waals surface area contributed by atoms with Crippen LogP contribution < -0.4 is 9.62 Å². The quantitative estimate of drug-likeness (QED) is 0.285. The van der Waals surface area contributed by atoms with Crippen molar-refractivity contribution in [1.29, 1.82) is 0 Å². The predicted octanol–water partition coefficient (Wildman–Crippen LogP) is 6.14. The van der Waals surface area contributed by atoms with Gasteiger partial charge in [-0.3, -0.25) is 13.9 Å². The zero-order chi connectivity index (χ0) is 29.6. The molecule has 0 fully saturated rings. The highest BCUT2D eigenvalue weighted by Gasteiger charge is 2.33. The molecule has 0 aliphatic carbocycles. The van der Waals surface area contributed by atoms with E-state index < -0.39 is 28.5 Å². The summed E-state index contributed by atoms with van der Waals surface area (Å²) in [6.07, 6.45) is 0.713. The number of hydrogen-bond donors (Lipinski definition) is 1. The summed E-state index contributed by atoms with van der Waals surface area (Å²) in [5.41, 5.74) is 2.57. The second-order valence-corrected chi connectivity index (χ2v) is 12.5. The predicted molar refractivity (Wildman–Crippen MR) is 161 cm³/mol. The minimum absolute atomic E-state index is 0.0179. The van der Waals surface area contributed by atoms with Gasteiger partial charge in [0.1, 0.15) is 12.6 Å². The van der Waals surface area contributed by atoms with Crippen molar-refractivity contribution >= 4 is 50.7 Å². The van der Waals surface area contributed by atoms with Gasteiger partial charge in [0.15, 0.2) is 0 Å². The van der Waals surface area contributed by atoms with Gasteiger partial charge in [-0.1, -0.05) is 66.5 Å². The minimum atomic E-state index is -4.14. The lowest BCUT2D eigenvalue weighted by Gasteiger charge is -2.33. The van der Waals surface area contributed by atoms with Crippen LogP contribution in [0.15, 0.2) is 71.6 Å². The lowest BCUT2D eigenvalue weighted by atomic mass is 10.1. The molecule has 10 heteroatoms. The number of sulfonamides is 1. The average Bonchev–Trinajstić information content (AvgIpc) is 2.92. The number of amides is 2. The monoisotopic (exact) mass is 603 g/mol. The van der Waals surface area contributed by atoms with Crippen molar-refractivity contribution in [1.82, 2.24) is 10.2 Å². The summed E-state index contributed by atoms with van der Waals surface area (Å²) < 4.78 is 29.0. The van der Waals surface area contributed by atoms with Gasteiger partial charge in [0.05, 0.1) is 10.6 Å². The Kier molecular flexibility index (Phi) is 10.6. The number of carbonyl (C=O) groups excluding carboxylic acids is 2. The molecule has 214 valence electrons. The maximum absolute atomic E-state index is 14.1. The number of nitrogens with zero attached hydrogens (tertiary/aromatic N) is 2. The number of carbonyl (C=O) groups is 2. The van der Waals surface area contributed by atoms with Gasteiger partial charge in [0.2, 0.25) is 11.8 Å². The molecule has 2 amide bonds. The Morgan fingerprint density at radius 3 is 2.25 bits per heavy atom. The lowest BCUT2D eigenvalue weighted by Crippen LogP contribution is -2.52. The molecule has 3 aromatic rings. The standard InChI is InChI=1S/C30H35Cl2N3O4S/c1-6-21(3)33-30(37)23(5)34(18-24-15-16-25(31)17-27(24)32)29(36)19-35(28-14-10-11-20(2)22(28)4)40(38,39)26-12-8-7-9-13-26/h7-17,21,23H,6,18-19H2,1-5H3,(H,33,37)/t21-,23+/m0/s1. The van der Waals surface area contributed by atoms with Crippen LogP contribution >= 0.6 is 23.2 Å². The third-order valence-corrected chi connectivity index (χ3v) is 9.34. The molecule has 0 aromatic heterocycles. The number of halogens is 2. The van der Waals surface area contributed by atoms with E-state index in [1.165, 1.54) is 17.0 Å². The van der Waals surface area contributed by atoms with Gasteiger partial charge in [-0.15, -0.1) is 0 Å². The number of anilines is 1. The molecule has 7 nitrogen and oxygen atoms in total. The summed E-state index contributed by atoms with van der Waals surface area (Å²) in [4.78, 5) is 28.6. The number of rotatable bonds is 11. The maximum atomic E-state index is 14.1. The van der Waals surface area contributed by atoms with Crippen molar-refractivity contribution in [2.24, 2.45) is 0 Å². The van der Waals surface area contributed by atoms with Crippen molar-refractivity contribution in [3.63, 3.8) is 0 Å². The van der Waals surface area contributed by atoms with Gasteiger partial charge in [-0.2, -0.15) is 0 Å². The van der Waals surface area contributed by atoms with E-state index in [0.717, 1.165) is 15.4 Å². The summed E-state index contributed by atoms with van der Waals surface area (Å²) in [6, 6.07) is 17.2. The van der Waals surface area contributed by atoms with Gasteiger partial charge >= 0.3 is 0 Å². The van der Waals surface area contributed by atoms with Crippen LogP contribution in [0.25, 0.3) is 0 Å². The first kappa shape index (κ1) is 31.5. The minimum Gasteiger partial charge on any atom is -0.352 e. The normalized spacial score (nSPS) is 12.9. The first-order valence-corrected chi connectivity index (χ1v) is 15.2. The molecule has 0 spiro atoms. The smallest absolute Gasteiger partial charge is 0.264 e. The Labute approximate surface area is 247 Å². The zero-order valence-corrected chi connectivity index (χ0v) is 25.6. The first-order valence-electron chi connectivity index (χ1n) is 13.0. The Balaban J connectivity index is 2.08. The van der Waals surface area contributed by atoms with Gasteiger partial charge in [0, 0.05) is 22.6 Å². The molecule has 0 saturated carbocycles. The molecule has 0 radical (unpaired) electrons. The van der Waals surface area contributed by atoms with E-state index in [9.17, 15) is 18.0 Å². The molecule has 40 heavy (non-hydrogen) atoms. The number of nitrogens with one attached hydrogen (secondary N) is 1. The van der Waals surface area contributed by atoms with E-state index in [2.05, 4.69) is 5.32 Å². The van der Waals surface area contributed by atoms with Crippen LogP contribution in [0.5, 0.6) is 0 Å². The highest BCUT2D eigenvalue weighted by Crippen LogP contribution is 2.29. The Hall–Kier alpha value is -3.07. The molecule has 1 N–H and O–H groups in total.